The number of rotatable bonds is 0. The molecule has 0 unspecified atom stereocenters. The predicted molar refractivity (Wildman–Crippen MR) is 43.0 cm³/mol. The van der Waals surface area contributed by atoms with Crippen molar-refractivity contribution in [1.29, 1.82) is 0 Å². The van der Waals surface area contributed by atoms with Crippen LogP contribution in [0.3, 0.4) is 0 Å². The molecule has 0 bridgehead atoms. The Labute approximate surface area is 74.4 Å². The molecule has 0 nitrogen and oxygen atoms in total. The number of halogens is 3. The number of aryl methyl sites for hydroxylation is 1. The summed E-state index contributed by atoms with van der Waals surface area (Å²) in [4.78, 5) is 0. The third kappa shape index (κ3) is 1.32. The molecule has 1 aromatic carbocycles. The van der Waals surface area contributed by atoms with E-state index in [0.29, 0.717) is 24.0 Å². The lowest BCUT2D eigenvalue weighted by atomic mass is 9.91. The molecule has 0 atom stereocenters. The SMILES string of the molecule is Fc1cc2c(c(F)c1F)CCCC2. The molecule has 70 valence electrons. The van der Waals surface area contributed by atoms with Gasteiger partial charge in [0.25, 0.3) is 0 Å². The molecule has 0 fully saturated rings. The van der Waals surface area contributed by atoms with Gasteiger partial charge in [0.05, 0.1) is 0 Å². The van der Waals surface area contributed by atoms with Crippen LogP contribution < -0.4 is 0 Å². The van der Waals surface area contributed by atoms with E-state index in [1.54, 1.807) is 0 Å². The molecule has 13 heavy (non-hydrogen) atoms. The second kappa shape index (κ2) is 3.05. The zero-order valence-electron chi connectivity index (χ0n) is 7.04. The summed E-state index contributed by atoms with van der Waals surface area (Å²) in [6, 6.07) is 1.12. The van der Waals surface area contributed by atoms with Gasteiger partial charge in [0.1, 0.15) is 0 Å². The molecule has 1 aliphatic carbocycles. The predicted octanol–water partition coefficient (Wildman–Crippen LogP) is 2.98. The quantitative estimate of drug-likeness (QED) is 0.546. The van der Waals surface area contributed by atoms with Crippen molar-refractivity contribution in [2.24, 2.45) is 0 Å². The summed E-state index contributed by atoms with van der Waals surface area (Å²) < 4.78 is 38.7. The van der Waals surface area contributed by atoms with E-state index in [-0.39, 0.29) is 0 Å². The Kier molecular flexibility index (Phi) is 2.02. The van der Waals surface area contributed by atoms with Gasteiger partial charge in [0.2, 0.25) is 0 Å². The smallest absolute Gasteiger partial charge is 0.194 e. The highest BCUT2D eigenvalue weighted by Crippen LogP contribution is 2.26. The van der Waals surface area contributed by atoms with Crippen LogP contribution in [0, 0.1) is 17.5 Å². The molecule has 0 amide bonds. The van der Waals surface area contributed by atoms with Gasteiger partial charge >= 0.3 is 0 Å². The molecule has 0 aromatic heterocycles. The third-order valence-electron chi connectivity index (χ3n) is 2.48. The molecule has 2 rings (SSSR count). The van der Waals surface area contributed by atoms with Crippen LogP contribution in [0.2, 0.25) is 0 Å². The first-order valence-electron chi connectivity index (χ1n) is 4.35. The Morgan fingerprint density at radius 1 is 0.923 bits per heavy atom. The van der Waals surface area contributed by atoms with Gasteiger partial charge in [0, 0.05) is 0 Å². The van der Waals surface area contributed by atoms with Crippen molar-refractivity contribution in [2.75, 3.05) is 0 Å². The summed E-state index contributed by atoms with van der Waals surface area (Å²) in [6.07, 6.45) is 2.97. The largest absolute Gasteiger partial charge is 0.204 e. The van der Waals surface area contributed by atoms with Gasteiger partial charge in [0.15, 0.2) is 17.5 Å². The number of fused-ring (bicyclic) bond motifs is 1. The first kappa shape index (κ1) is 8.60. The average molecular weight is 186 g/mol. The van der Waals surface area contributed by atoms with Gasteiger partial charge in [-0.15, -0.1) is 0 Å². The van der Waals surface area contributed by atoms with E-state index >= 15 is 0 Å². The van der Waals surface area contributed by atoms with Crippen LogP contribution in [0.15, 0.2) is 6.07 Å². The van der Waals surface area contributed by atoms with E-state index in [1.807, 2.05) is 0 Å². The van der Waals surface area contributed by atoms with Gasteiger partial charge in [-0.1, -0.05) is 0 Å². The molecule has 1 aliphatic rings. The molecule has 0 saturated heterocycles. The average Bonchev–Trinajstić information content (AvgIpc) is 2.15. The van der Waals surface area contributed by atoms with Crippen LogP contribution in [-0.2, 0) is 12.8 Å². The molecule has 0 spiro atoms. The minimum Gasteiger partial charge on any atom is -0.204 e. The zero-order valence-corrected chi connectivity index (χ0v) is 7.04. The van der Waals surface area contributed by atoms with E-state index in [0.717, 1.165) is 18.9 Å². The summed E-state index contributed by atoms with van der Waals surface area (Å²) in [7, 11) is 0. The summed E-state index contributed by atoms with van der Waals surface area (Å²) in [5, 5.41) is 0. The van der Waals surface area contributed by atoms with Crippen molar-refractivity contribution in [1.82, 2.24) is 0 Å². The van der Waals surface area contributed by atoms with Gasteiger partial charge in [-0.25, -0.2) is 13.2 Å². The molecular formula is C10H9F3. The van der Waals surface area contributed by atoms with Crippen LogP contribution in [-0.4, -0.2) is 0 Å². The molecule has 0 N–H and O–H groups in total. The van der Waals surface area contributed by atoms with Crippen LogP contribution in [0.4, 0.5) is 13.2 Å². The van der Waals surface area contributed by atoms with Crippen LogP contribution in [0.1, 0.15) is 24.0 Å². The van der Waals surface area contributed by atoms with Crippen molar-refractivity contribution in [3.8, 4) is 0 Å². The highest BCUT2D eigenvalue weighted by Gasteiger charge is 2.20. The lowest BCUT2D eigenvalue weighted by Crippen LogP contribution is -2.08. The Balaban J connectivity index is 2.60. The van der Waals surface area contributed by atoms with E-state index in [9.17, 15) is 13.2 Å². The molecule has 0 heterocycles. The number of benzene rings is 1. The van der Waals surface area contributed by atoms with Crippen LogP contribution >= 0.6 is 0 Å². The van der Waals surface area contributed by atoms with Crippen LogP contribution in [0.5, 0.6) is 0 Å². The van der Waals surface area contributed by atoms with Crippen molar-refractivity contribution < 1.29 is 13.2 Å². The summed E-state index contributed by atoms with van der Waals surface area (Å²) in [6.45, 7) is 0. The number of hydrogen-bond donors (Lipinski definition) is 0. The van der Waals surface area contributed by atoms with E-state index in [4.69, 9.17) is 0 Å². The minimum absolute atomic E-state index is 0.366. The maximum Gasteiger partial charge on any atom is 0.194 e. The topological polar surface area (TPSA) is 0 Å². The fourth-order valence-electron chi connectivity index (χ4n) is 1.79. The second-order valence-electron chi connectivity index (χ2n) is 3.33. The molecular weight excluding hydrogens is 177 g/mol. The molecule has 0 aliphatic heterocycles. The Hall–Kier alpha value is -0.990. The summed E-state index contributed by atoms with van der Waals surface area (Å²) in [5.74, 6) is -3.39. The Bertz CT molecular complexity index is 345. The maximum absolute atomic E-state index is 13.1. The van der Waals surface area contributed by atoms with Crippen molar-refractivity contribution in [3.63, 3.8) is 0 Å². The van der Waals surface area contributed by atoms with Gasteiger partial charge in [-0.2, -0.15) is 0 Å². The normalized spacial score (nSPS) is 15.6. The molecule has 0 radical (unpaired) electrons. The van der Waals surface area contributed by atoms with Gasteiger partial charge in [-0.05, 0) is 42.9 Å². The van der Waals surface area contributed by atoms with Gasteiger partial charge in [-0.3, -0.25) is 0 Å². The highest BCUT2D eigenvalue weighted by molar-refractivity contribution is 5.32. The van der Waals surface area contributed by atoms with Crippen molar-refractivity contribution in [2.45, 2.75) is 25.7 Å². The number of hydrogen-bond acceptors (Lipinski definition) is 0. The standard InChI is InChI=1S/C10H9F3/c11-8-5-6-3-1-2-4-7(6)9(12)10(8)13/h5H,1-4H2. The first-order valence-corrected chi connectivity index (χ1v) is 4.35. The first-order chi connectivity index (χ1) is 6.20. The molecule has 3 heteroatoms. The maximum atomic E-state index is 13.1. The molecule has 1 aromatic rings. The van der Waals surface area contributed by atoms with Gasteiger partial charge < -0.3 is 0 Å². The van der Waals surface area contributed by atoms with E-state index < -0.39 is 17.5 Å². The second-order valence-corrected chi connectivity index (χ2v) is 3.33. The zero-order chi connectivity index (χ0) is 9.42. The van der Waals surface area contributed by atoms with Crippen molar-refractivity contribution >= 4 is 0 Å². The fourth-order valence-corrected chi connectivity index (χ4v) is 1.79. The Morgan fingerprint density at radius 2 is 1.62 bits per heavy atom. The van der Waals surface area contributed by atoms with E-state index in [2.05, 4.69) is 0 Å². The minimum atomic E-state index is -1.33. The summed E-state index contributed by atoms with van der Waals surface area (Å²) >= 11 is 0. The summed E-state index contributed by atoms with van der Waals surface area (Å²) in [5.41, 5.74) is 0.993. The molecule has 0 saturated carbocycles. The fraction of sp³-hybridized carbons (Fsp3) is 0.400. The Morgan fingerprint density at radius 3 is 2.38 bits per heavy atom. The van der Waals surface area contributed by atoms with E-state index in [1.165, 1.54) is 0 Å². The lowest BCUT2D eigenvalue weighted by Gasteiger charge is -2.16. The third-order valence-corrected chi connectivity index (χ3v) is 2.48. The lowest BCUT2D eigenvalue weighted by molar-refractivity contribution is 0.433. The van der Waals surface area contributed by atoms with Crippen LogP contribution in [0.25, 0.3) is 0 Å². The highest BCUT2D eigenvalue weighted by atomic mass is 19.2. The monoisotopic (exact) mass is 186 g/mol. The van der Waals surface area contributed by atoms with Crippen molar-refractivity contribution in [3.05, 3.63) is 34.6 Å².